The maximum absolute atomic E-state index is 13.2. The summed E-state index contributed by atoms with van der Waals surface area (Å²) in [5.74, 6) is -1.87. The molecule has 4 aromatic rings. The summed E-state index contributed by atoms with van der Waals surface area (Å²) in [6, 6.07) is 15.5. The molecule has 4 rings (SSSR count). The highest BCUT2D eigenvalue weighted by atomic mass is 32.1. The lowest BCUT2D eigenvalue weighted by atomic mass is 10.1. The van der Waals surface area contributed by atoms with Crippen LogP contribution in [0.2, 0.25) is 0 Å². The predicted octanol–water partition coefficient (Wildman–Crippen LogP) is 4.69. The van der Waals surface area contributed by atoms with Crippen LogP contribution in [0.4, 0.5) is 10.1 Å². The summed E-state index contributed by atoms with van der Waals surface area (Å²) in [7, 11) is 0. The Bertz CT molecular complexity index is 1180. The number of amides is 1. The zero-order valence-electron chi connectivity index (χ0n) is 14.9. The van der Waals surface area contributed by atoms with E-state index in [4.69, 9.17) is 5.11 Å². The number of thiophene rings is 1. The summed E-state index contributed by atoms with van der Waals surface area (Å²) >= 11 is 1.44. The average Bonchev–Trinajstić information content (AvgIpc) is 3.38. The first kappa shape index (κ1) is 18.6. The van der Waals surface area contributed by atoms with Crippen LogP contribution in [0.5, 0.6) is 0 Å². The molecule has 2 heterocycles. The second-order valence-corrected chi connectivity index (χ2v) is 7.08. The lowest BCUT2D eigenvalue weighted by molar-refractivity contribution is 0.0696. The maximum Gasteiger partial charge on any atom is 0.335 e. The fourth-order valence-electron chi connectivity index (χ4n) is 2.79. The van der Waals surface area contributed by atoms with Gasteiger partial charge in [0, 0.05) is 11.9 Å². The third kappa shape index (κ3) is 3.92. The number of carbonyl (C=O) groups is 2. The van der Waals surface area contributed by atoms with Gasteiger partial charge in [0.1, 0.15) is 11.5 Å². The molecule has 0 bridgehead atoms. The molecule has 29 heavy (non-hydrogen) atoms. The van der Waals surface area contributed by atoms with Crippen LogP contribution in [-0.2, 0) is 0 Å². The minimum absolute atomic E-state index is 0.0725. The number of aromatic nitrogens is 2. The Morgan fingerprint density at radius 2 is 1.86 bits per heavy atom. The van der Waals surface area contributed by atoms with Crippen molar-refractivity contribution in [1.29, 1.82) is 0 Å². The molecule has 0 radical (unpaired) electrons. The van der Waals surface area contributed by atoms with Gasteiger partial charge >= 0.3 is 5.97 Å². The monoisotopic (exact) mass is 407 g/mol. The van der Waals surface area contributed by atoms with E-state index < -0.39 is 11.9 Å². The minimum atomic E-state index is -1.08. The molecule has 2 N–H and O–H groups in total. The number of halogens is 1. The Morgan fingerprint density at radius 1 is 1.07 bits per heavy atom. The highest BCUT2D eigenvalue weighted by Crippen LogP contribution is 2.28. The van der Waals surface area contributed by atoms with Gasteiger partial charge in [-0.05, 0) is 53.9 Å². The van der Waals surface area contributed by atoms with Gasteiger partial charge in [0.05, 0.1) is 21.7 Å². The van der Waals surface area contributed by atoms with Crippen LogP contribution in [0.15, 0.2) is 72.2 Å². The number of carboxylic acid groups (broad SMARTS) is 1. The fourth-order valence-corrected chi connectivity index (χ4v) is 3.51. The van der Waals surface area contributed by atoms with Gasteiger partial charge in [-0.25, -0.2) is 13.9 Å². The van der Waals surface area contributed by atoms with Crippen LogP contribution in [0, 0.1) is 5.82 Å². The molecule has 0 aliphatic heterocycles. The van der Waals surface area contributed by atoms with E-state index in [0.29, 0.717) is 22.6 Å². The standard InChI is InChI=1S/C21H14FN3O3S/c22-14-6-8-16(9-7-14)25-12-17(19(24-25)18-5-2-10-29-18)20(26)23-15-4-1-3-13(11-15)21(27)28/h1-12H,(H,23,26)(H,27,28). The van der Waals surface area contributed by atoms with E-state index in [1.807, 2.05) is 17.5 Å². The number of aromatic carboxylic acids is 1. The van der Waals surface area contributed by atoms with Crippen molar-refractivity contribution in [2.24, 2.45) is 0 Å². The first-order chi connectivity index (χ1) is 14.0. The predicted molar refractivity (Wildman–Crippen MR) is 108 cm³/mol. The number of nitrogens with one attached hydrogen (secondary N) is 1. The average molecular weight is 407 g/mol. The summed E-state index contributed by atoms with van der Waals surface area (Å²) in [5.41, 5.74) is 1.84. The van der Waals surface area contributed by atoms with Gasteiger partial charge in [-0.2, -0.15) is 5.10 Å². The minimum Gasteiger partial charge on any atom is -0.478 e. The van der Waals surface area contributed by atoms with E-state index in [2.05, 4.69) is 10.4 Å². The fraction of sp³-hybridized carbons (Fsp3) is 0. The summed E-state index contributed by atoms with van der Waals surface area (Å²) in [6.45, 7) is 0. The van der Waals surface area contributed by atoms with E-state index in [1.54, 1.807) is 30.5 Å². The van der Waals surface area contributed by atoms with Gasteiger partial charge in [0.15, 0.2) is 0 Å². The molecule has 0 saturated heterocycles. The molecular formula is C21H14FN3O3S. The van der Waals surface area contributed by atoms with Crippen molar-refractivity contribution in [1.82, 2.24) is 9.78 Å². The Balaban J connectivity index is 1.71. The number of anilines is 1. The molecule has 2 aromatic carbocycles. The van der Waals surface area contributed by atoms with Gasteiger partial charge in [-0.3, -0.25) is 4.79 Å². The molecule has 8 heteroatoms. The molecule has 0 unspecified atom stereocenters. The maximum atomic E-state index is 13.2. The molecule has 0 spiro atoms. The molecule has 0 atom stereocenters. The quantitative estimate of drug-likeness (QED) is 0.503. The van der Waals surface area contributed by atoms with Crippen LogP contribution < -0.4 is 5.32 Å². The summed E-state index contributed by atoms with van der Waals surface area (Å²) in [4.78, 5) is 24.9. The van der Waals surface area contributed by atoms with E-state index in [0.717, 1.165) is 4.88 Å². The van der Waals surface area contributed by atoms with Crippen molar-refractivity contribution >= 4 is 28.9 Å². The third-order valence-electron chi connectivity index (χ3n) is 4.17. The molecule has 0 aliphatic rings. The first-order valence-electron chi connectivity index (χ1n) is 8.55. The first-order valence-corrected chi connectivity index (χ1v) is 9.43. The van der Waals surface area contributed by atoms with E-state index in [9.17, 15) is 14.0 Å². The number of hydrogen-bond acceptors (Lipinski definition) is 4. The van der Waals surface area contributed by atoms with Crippen molar-refractivity contribution in [3.05, 3.63) is 89.2 Å². The molecule has 2 aromatic heterocycles. The Morgan fingerprint density at radius 3 is 2.55 bits per heavy atom. The second-order valence-electron chi connectivity index (χ2n) is 6.13. The molecule has 1 amide bonds. The van der Waals surface area contributed by atoms with Gasteiger partial charge in [-0.15, -0.1) is 11.3 Å². The summed E-state index contributed by atoms with van der Waals surface area (Å²) in [5, 5.41) is 18.2. The second kappa shape index (κ2) is 7.69. The van der Waals surface area contributed by atoms with Crippen molar-refractivity contribution in [2.75, 3.05) is 5.32 Å². The van der Waals surface area contributed by atoms with Crippen LogP contribution in [-0.4, -0.2) is 26.8 Å². The number of benzene rings is 2. The molecule has 0 fully saturated rings. The van der Waals surface area contributed by atoms with Crippen molar-refractivity contribution < 1.29 is 19.1 Å². The Labute approximate surface area is 168 Å². The van der Waals surface area contributed by atoms with E-state index in [-0.39, 0.29) is 11.4 Å². The van der Waals surface area contributed by atoms with Gasteiger partial charge in [0.2, 0.25) is 0 Å². The largest absolute Gasteiger partial charge is 0.478 e. The van der Waals surface area contributed by atoms with Crippen LogP contribution in [0.1, 0.15) is 20.7 Å². The van der Waals surface area contributed by atoms with Crippen molar-refractivity contribution in [2.45, 2.75) is 0 Å². The third-order valence-corrected chi connectivity index (χ3v) is 5.05. The number of hydrogen-bond donors (Lipinski definition) is 2. The smallest absolute Gasteiger partial charge is 0.335 e. The number of rotatable bonds is 5. The van der Waals surface area contributed by atoms with Crippen molar-refractivity contribution in [3.63, 3.8) is 0 Å². The Hall–Kier alpha value is -3.78. The van der Waals surface area contributed by atoms with Crippen LogP contribution in [0.3, 0.4) is 0 Å². The number of carboxylic acids is 1. The topological polar surface area (TPSA) is 84.2 Å². The summed E-state index contributed by atoms with van der Waals surface area (Å²) in [6.07, 6.45) is 1.57. The molecule has 0 saturated carbocycles. The van der Waals surface area contributed by atoms with E-state index >= 15 is 0 Å². The summed E-state index contributed by atoms with van der Waals surface area (Å²) < 4.78 is 14.7. The van der Waals surface area contributed by atoms with Gasteiger partial charge in [0.25, 0.3) is 5.91 Å². The highest BCUT2D eigenvalue weighted by Gasteiger charge is 2.20. The zero-order valence-corrected chi connectivity index (χ0v) is 15.7. The van der Waals surface area contributed by atoms with Gasteiger partial charge < -0.3 is 10.4 Å². The van der Waals surface area contributed by atoms with Crippen molar-refractivity contribution in [3.8, 4) is 16.3 Å². The lowest BCUT2D eigenvalue weighted by Crippen LogP contribution is -2.12. The van der Waals surface area contributed by atoms with Gasteiger partial charge in [-0.1, -0.05) is 12.1 Å². The lowest BCUT2D eigenvalue weighted by Gasteiger charge is -2.05. The number of carbonyl (C=O) groups excluding carboxylic acids is 1. The normalized spacial score (nSPS) is 10.7. The Kier molecular flexibility index (Phi) is 4.92. The molecular weight excluding hydrogens is 393 g/mol. The zero-order chi connectivity index (χ0) is 20.4. The van der Waals surface area contributed by atoms with E-state index in [1.165, 1.54) is 40.3 Å². The number of nitrogens with zero attached hydrogens (tertiary/aromatic N) is 2. The molecule has 144 valence electrons. The molecule has 6 nitrogen and oxygen atoms in total. The SMILES string of the molecule is O=C(O)c1cccc(NC(=O)c2cn(-c3ccc(F)cc3)nc2-c2cccs2)c1. The van der Waals surface area contributed by atoms with Crippen LogP contribution >= 0.6 is 11.3 Å². The van der Waals surface area contributed by atoms with Crippen LogP contribution in [0.25, 0.3) is 16.3 Å². The molecule has 0 aliphatic carbocycles. The highest BCUT2D eigenvalue weighted by molar-refractivity contribution is 7.13.